The molecule has 0 aromatic heterocycles. The van der Waals surface area contributed by atoms with Crippen LogP contribution < -0.4 is 0 Å². The molecule has 0 amide bonds. The summed E-state index contributed by atoms with van der Waals surface area (Å²) >= 11 is 0. The van der Waals surface area contributed by atoms with Crippen LogP contribution in [0.5, 0.6) is 5.75 Å². The number of rotatable bonds is 2. The number of carbonyl (C=O) groups excluding carboxylic acids is 1. The second-order valence-electron chi connectivity index (χ2n) is 3.26. The van der Waals surface area contributed by atoms with Crippen LogP contribution in [0.3, 0.4) is 0 Å². The molecular formula is C13H9O2. The normalized spacial score (nSPS) is 10.1. The number of phenolic OH excluding ortho intramolecular Hbond substituents is 1. The molecule has 0 unspecified atom stereocenters. The molecule has 0 spiro atoms. The Bertz CT molecular complexity index is 541. The number of aldehydes is 1. The molecule has 15 heavy (non-hydrogen) atoms. The van der Waals surface area contributed by atoms with Crippen LogP contribution >= 0.6 is 0 Å². The molecule has 0 saturated carbocycles. The van der Waals surface area contributed by atoms with Crippen molar-refractivity contribution in [2.24, 2.45) is 0 Å². The van der Waals surface area contributed by atoms with Gasteiger partial charge in [-0.15, -0.1) is 0 Å². The highest BCUT2D eigenvalue weighted by Crippen LogP contribution is 2.25. The van der Waals surface area contributed by atoms with E-state index >= 15 is 0 Å². The Morgan fingerprint density at radius 3 is 2.67 bits per heavy atom. The average Bonchev–Trinajstić information content (AvgIpc) is 2.27. The minimum absolute atomic E-state index is 0.184. The summed E-state index contributed by atoms with van der Waals surface area (Å²) in [6, 6.07) is 8.45. The van der Waals surface area contributed by atoms with Gasteiger partial charge >= 0.3 is 0 Å². The van der Waals surface area contributed by atoms with Gasteiger partial charge in [0, 0.05) is 5.56 Å². The highest BCUT2D eigenvalue weighted by Gasteiger charge is 2.04. The maximum Gasteiger partial charge on any atom is 0.151 e. The van der Waals surface area contributed by atoms with Crippen molar-refractivity contribution in [3.63, 3.8) is 0 Å². The van der Waals surface area contributed by atoms with E-state index < -0.39 is 0 Å². The van der Waals surface area contributed by atoms with Crippen molar-refractivity contribution in [1.29, 1.82) is 0 Å². The number of carbonyl (C=O) groups is 1. The van der Waals surface area contributed by atoms with Crippen molar-refractivity contribution in [3.8, 4) is 5.75 Å². The molecule has 1 radical (unpaired) electrons. The van der Waals surface area contributed by atoms with Gasteiger partial charge in [-0.2, -0.15) is 0 Å². The van der Waals surface area contributed by atoms with E-state index in [0.717, 1.165) is 17.1 Å². The van der Waals surface area contributed by atoms with Gasteiger partial charge in [-0.25, -0.2) is 0 Å². The van der Waals surface area contributed by atoms with Crippen LogP contribution in [-0.2, 0) is 0 Å². The first-order valence-corrected chi connectivity index (χ1v) is 4.52. The molecule has 73 valence electrons. The van der Waals surface area contributed by atoms with E-state index in [1.54, 1.807) is 24.3 Å². The zero-order chi connectivity index (χ0) is 10.8. The van der Waals surface area contributed by atoms with E-state index in [-0.39, 0.29) is 5.75 Å². The Morgan fingerprint density at radius 1 is 1.20 bits per heavy atom. The Kier molecular flexibility index (Phi) is 2.26. The Hall–Kier alpha value is -2.09. The lowest BCUT2D eigenvalue weighted by molar-refractivity contribution is 0.112. The molecule has 0 aliphatic carbocycles. The second-order valence-corrected chi connectivity index (χ2v) is 3.26. The molecule has 0 atom stereocenters. The third kappa shape index (κ3) is 1.50. The standard InChI is InChI=1S/C13H9O2/c1-2-9-3-4-10-7-11(15)5-6-12(10)13(9)8-14/h1-8,15H. The number of aromatic hydroxyl groups is 1. The van der Waals surface area contributed by atoms with Crippen molar-refractivity contribution in [3.05, 3.63) is 48.0 Å². The van der Waals surface area contributed by atoms with E-state index in [1.807, 2.05) is 6.07 Å². The van der Waals surface area contributed by atoms with Crippen molar-refractivity contribution in [1.82, 2.24) is 0 Å². The highest BCUT2D eigenvalue weighted by molar-refractivity contribution is 6.01. The molecule has 2 heteroatoms. The molecular weight excluding hydrogens is 188 g/mol. The molecule has 0 saturated heterocycles. The van der Waals surface area contributed by atoms with Crippen LogP contribution in [0, 0.1) is 6.58 Å². The number of hydrogen-bond donors (Lipinski definition) is 1. The Morgan fingerprint density at radius 2 is 2.00 bits per heavy atom. The van der Waals surface area contributed by atoms with Crippen molar-refractivity contribution in [2.45, 2.75) is 0 Å². The predicted molar refractivity (Wildman–Crippen MR) is 59.8 cm³/mol. The van der Waals surface area contributed by atoms with Gasteiger partial charge in [-0.05, 0) is 34.5 Å². The van der Waals surface area contributed by atoms with Crippen LogP contribution in [0.4, 0.5) is 0 Å². The van der Waals surface area contributed by atoms with Gasteiger partial charge in [-0.3, -0.25) is 4.79 Å². The maximum absolute atomic E-state index is 10.9. The lowest BCUT2D eigenvalue weighted by atomic mass is 10.00. The molecule has 0 aliphatic heterocycles. The molecule has 1 N–H and O–H groups in total. The lowest BCUT2D eigenvalue weighted by Crippen LogP contribution is -1.88. The average molecular weight is 197 g/mol. The van der Waals surface area contributed by atoms with Crippen molar-refractivity contribution >= 4 is 23.1 Å². The molecule has 0 aliphatic rings. The Balaban J connectivity index is 2.87. The first-order valence-electron chi connectivity index (χ1n) is 4.52. The minimum Gasteiger partial charge on any atom is -0.508 e. The largest absolute Gasteiger partial charge is 0.508 e. The molecule has 2 aromatic carbocycles. The van der Waals surface area contributed by atoms with Crippen LogP contribution in [0.25, 0.3) is 16.8 Å². The van der Waals surface area contributed by atoms with Crippen LogP contribution in [0.2, 0.25) is 0 Å². The number of fused-ring (bicyclic) bond motifs is 1. The summed E-state index contributed by atoms with van der Waals surface area (Å²) in [6.07, 6.45) is 2.17. The van der Waals surface area contributed by atoms with E-state index in [2.05, 4.69) is 0 Å². The van der Waals surface area contributed by atoms with E-state index in [4.69, 9.17) is 6.58 Å². The smallest absolute Gasteiger partial charge is 0.151 e. The number of benzene rings is 2. The minimum atomic E-state index is 0.184. The van der Waals surface area contributed by atoms with E-state index in [1.165, 1.54) is 6.08 Å². The fourth-order valence-corrected chi connectivity index (χ4v) is 1.63. The monoisotopic (exact) mass is 197 g/mol. The first kappa shape index (κ1) is 9.46. The summed E-state index contributed by atoms with van der Waals surface area (Å²) in [7, 11) is 0. The molecule has 0 fully saturated rings. The zero-order valence-electron chi connectivity index (χ0n) is 7.97. The lowest BCUT2D eigenvalue weighted by Gasteiger charge is -2.05. The fraction of sp³-hybridized carbons (Fsp3) is 0. The third-order valence-electron chi connectivity index (χ3n) is 2.38. The molecule has 2 aromatic rings. The van der Waals surface area contributed by atoms with Gasteiger partial charge in [0.1, 0.15) is 5.75 Å². The van der Waals surface area contributed by atoms with Gasteiger partial charge in [-0.1, -0.05) is 24.8 Å². The van der Waals surface area contributed by atoms with Crippen LogP contribution in [-0.4, -0.2) is 11.4 Å². The van der Waals surface area contributed by atoms with E-state index in [0.29, 0.717) is 11.1 Å². The summed E-state index contributed by atoms with van der Waals surface area (Å²) in [5.41, 5.74) is 1.25. The maximum atomic E-state index is 10.9. The van der Waals surface area contributed by atoms with Crippen molar-refractivity contribution < 1.29 is 9.90 Å². The van der Waals surface area contributed by atoms with Gasteiger partial charge in [0.15, 0.2) is 6.29 Å². The molecule has 2 nitrogen and oxygen atoms in total. The highest BCUT2D eigenvalue weighted by atomic mass is 16.3. The SMILES string of the molecule is [CH]=Cc1ccc2cc(O)ccc2c1C=O. The Labute approximate surface area is 87.5 Å². The van der Waals surface area contributed by atoms with Gasteiger partial charge < -0.3 is 5.11 Å². The quantitative estimate of drug-likeness (QED) is 0.751. The third-order valence-corrected chi connectivity index (χ3v) is 2.38. The van der Waals surface area contributed by atoms with Gasteiger partial charge in [0.05, 0.1) is 0 Å². The zero-order valence-corrected chi connectivity index (χ0v) is 7.97. The summed E-state index contributed by atoms with van der Waals surface area (Å²) in [6.45, 7) is 5.41. The topological polar surface area (TPSA) is 37.3 Å². The van der Waals surface area contributed by atoms with Crippen LogP contribution in [0.15, 0.2) is 30.3 Å². The van der Waals surface area contributed by atoms with Gasteiger partial charge in [0.2, 0.25) is 0 Å². The predicted octanol–water partition coefficient (Wildman–Crippen LogP) is 2.80. The second kappa shape index (κ2) is 3.58. The first-order chi connectivity index (χ1) is 7.26. The van der Waals surface area contributed by atoms with Crippen LogP contribution in [0.1, 0.15) is 15.9 Å². The van der Waals surface area contributed by atoms with E-state index in [9.17, 15) is 9.90 Å². The number of hydrogen-bond acceptors (Lipinski definition) is 2. The molecule has 2 rings (SSSR count). The summed E-state index contributed by atoms with van der Waals surface area (Å²) < 4.78 is 0. The fourth-order valence-electron chi connectivity index (χ4n) is 1.63. The van der Waals surface area contributed by atoms with Gasteiger partial charge in [0.25, 0.3) is 0 Å². The molecule has 0 bridgehead atoms. The molecule has 0 heterocycles. The summed E-state index contributed by atoms with van der Waals surface area (Å²) in [5, 5.41) is 10.9. The number of phenols is 1. The summed E-state index contributed by atoms with van der Waals surface area (Å²) in [4.78, 5) is 10.9. The van der Waals surface area contributed by atoms with Crippen molar-refractivity contribution in [2.75, 3.05) is 0 Å². The summed E-state index contributed by atoms with van der Waals surface area (Å²) in [5.74, 6) is 0.184.